The molecule has 0 saturated carbocycles. The normalized spacial score (nSPS) is 10.0. The third kappa shape index (κ3) is 3.46. The van der Waals surface area contributed by atoms with E-state index in [4.69, 9.17) is 4.89 Å². The van der Waals surface area contributed by atoms with E-state index < -0.39 is 8.60 Å². The molecule has 38 valence electrons. The molecule has 6 heavy (non-hydrogen) atoms. The monoisotopic (exact) mass is 238 g/mol. The predicted molar refractivity (Wildman–Crippen MR) is 29.2 cm³/mol. The van der Waals surface area contributed by atoms with Crippen LogP contribution in [-0.4, -0.2) is 4.89 Å². The van der Waals surface area contributed by atoms with Crippen LogP contribution in [0, 0.1) is 0 Å². The molecule has 0 saturated heterocycles. The van der Waals surface area contributed by atoms with Crippen LogP contribution in [-0.2, 0) is 7.23 Å². The molecule has 0 aromatic rings. The Bertz CT molecular complexity index is 28.0. The summed E-state index contributed by atoms with van der Waals surface area (Å²) in [4.78, 5) is 8.19. The van der Waals surface area contributed by atoms with Crippen LogP contribution in [0.1, 0.15) is 0 Å². The minimum atomic E-state index is -1.74. The second-order valence-electron chi connectivity index (χ2n) is 0.376. The van der Waals surface area contributed by atoms with E-state index >= 15 is 0 Å². The maximum atomic E-state index is 8.19. The lowest BCUT2D eigenvalue weighted by Crippen LogP contribution is -1.62. The fourth-order valence-corrected chi connectivity index (χ4v) is 0.862. The summed E-state index contributed by atoms with van der Waals surface area (Å²) in [5.74, 6) is 0. The molecule has 0 amide bonds. The Morgan fingerprint density at radius 1 is 1.33 bits per heavy atom. The van der Waals surface area contributed by atoms with E-state index in [2.05, 4.69) is 39.7 Å². The first kappa shape index (κ1) is 7.27. The Balaban J connectivity index is 2.75. The van der Waals surface area contributed by atoms with Crippen molar-refractivity contribution in [2.45, 2.75) is 0 Å². The Morgan fingerprint density at radius 3 is 1.67 bits per heavy atom. The molecular weight excluding hydrogens is 239 g/mol. The van der Waals surface area contributed by atoms with Crippen molar-refractivity contribution in [3.05, 3.63) is 0 Å². The van der Waals surface area contributed by atoms with Gasteiger partial charge in [0.05, 0.1) is 0 Å². The zero-order valence-corrected chi connectivity index (χ0v) is 6.53. The molecule has 0 heterocycles. The van der Waals surface area contributed by atoms with Gasteiger partial charge in [-0.25, -0.2) is 7.23 Å². The van der Waals surface area contributed by atoms with E-state index in [9.17, 15) is 0 Å². The fraction of sp³-hybridized carbons (Fsp3) is 0. The second kappa shape index (κ2) is 4.43. The van der Waals surface area contributed by atoms with Crippen LogP contribution >= 0.6 is 41.1 Å². The van der Waals surface area contributed by atoms with Gasteiger partial charge in [0.1, 0.15) is 32.5 Å². The van der Waals surface area contributed by atoms with Gasteiger partial charge in [-0.1, -0.05) is 0 Å². The van der Waals surface area contributed by atoms with Gasteiger partial charge in [0.15, 0.2) is 0 Å². The van der Waals surface area contributed by atoms with Crippen molar-refractivity contribution in [3.63, 3.8) is 0 Å². The summed E-state index contributed by atoms with van der Waals surface area (Å²) in [6.07, 6.45) is 0. The lowest BCUT2D eigenvalue weighted by Gasteiger charge is -1.93. The maximum Gasteiger partial charge on any atom is 0.353 e. The zero-order valence-electron chi connectivity index (χ0n) is 2.47. The van der Waals surface area contributed by atoms with Crippen molar-refractivity contribution in [1.29, 1.82) is 0 Å². The molecule has 0 radical (unpaired) electrons. The highest BCUT2D eigenvalue weighted by atomic mass is 79.9. The van der Waals surface area contributed by atoms with E-state index in [1.165, 1.54) is 0 Å². The van der Waals surface area contributed by atoms with Crippen molar-refractivity contribution in [1.82, 2.24) is 0 Å². The quantitative estimate of drug-likeness (QED) is 0.748. The van der Waals surface area contributed by atoms with E-state index in [0.717, 1.165) is 0 Å². The summed E-state index contributed by atoms with van der Waals surface area (Å²) in [6, 6.07) is 0. The molecule has 0 fully saturated rings. The van der Waals surface area contributed by atoms with E-state index in [1.54, 1.807) is 0 Å². The Morgan fingerprint density at radius 2 is 1.67 bits per heavy atom. The Kier molecular flexibility index (Phi) is 5.37. The molecule has 0 aliphatic rings. The standard InChI is InChI=1S/Br2HO3P/c1-4-6(3)5-2/h3H. The summed E-state index contributed by atoms with van der Waals surface area (Å²) >= 11 is 5.00. The molecule has 0 spiro atoms. The number of rotatable bonds is 2. The molecule has 0 atom stereocenters. The molecule has 0 unspecified atom stereocenters. The van der Waals surface area contributed by atoms with Gasteiger partial charge < -0.3 is 4.89 Å². The lowest BCUT2D eigenvalue weighted by atomic mass is 15.8. The summed E-state index contributed by atoms with van der Waals surface area (Å²) in [7, 11) is -1.74. The van der Waals surface area contributed by atoms with Gasteiger partial charge in [-0.2, -0.15) is 0 Å². The zero-order chi connectivity index (χ0) is 4.99. The van der Waals surface area contributed by atoms with Gasteiger partial charge in [0.2, 0.25) is 0 Å². The topological polar surface area (TPSA) is 38.7 Å². The average Bonchev–Trinajstić information content (AvgIpc) is 1.65. The van der Waals surface area contributed by atoms with E-state index in [0.29, 0.717) is 0 Å². The molecule has 0 rings (SSSR count). The highest BCUT2D eigenvalue weighted by Crippen LogP contribution is 2.37. The third-order valence-electron chi connectivity index (χ3n) is 0.118. The highest BCUT2D eigenvalue weighted by molar-refractivity contribution is 9.07. The third-order valence-corrected chi connectivity index (χ3v) is 1.84. The molecule has 0 aromatic carbocycles. The first-order valence-electron chi connectivity index (χ1n) is 0.874. The molecule has 6 heteroatoms. The van der Waals surface area contributed by atoms with Gasteiger partial charge in [-0.15, -0.1) is 0 Å². The van der Waals surface area contributed by atoms with E-state index in [1.807, 2.05) is 0 Å². The largest absolute Gasteiger partial charge is 0.353 e. The molecule has 0 aliphatic carbocycles. The van der Waals surface area contributed by atoms with Crippen molar-refractivity contribution in [2.24, 2.45) is 0 Å². The van der Waals surface area contributed by atoms with Crippen LogP contribution in [0.4, 0.5) is 0 Å². The van der Waals surface area contributed by atoms with Crippen LogP contribution < -0.4 is 0 Å². The summed E-state index contributed by atoms with van der Waals surface area (Å²) < 4.78 is 8.13. The number of halogens is 2. The molecule has 0 aliphatic heterocycles. The molecule has 0 bridgehead atoms. The molecule has 1 N–H and O–H groups in total. The molecular formula is HBr2O3P. The minimum Gasteiger partial charge on any atom is -0.327 e. The lowest BCUT2D eigenvalue weighted by molar-refractivity contribution is 0.447. The maximum absolute atomic E-state index is 8.19. The number of hydrogen-bond donors (Lipinski definition) is 1. The average molecular weight is 240 g/mol. The van der Waals surface area contributed by atoms with Crippen LogP contribution in [0.2, 0.25) is 0 Å². The molecule has 3 nitrogen and oxygen atoms in total. The number of hydrogen-bond acceptors (Lipinski definition) is 3. The van der Waals surface area contributed by atoms with E-state index in [-0.39, 0.29) is 0 Å². The van der Waals surface area contributed by atoms with Gasteiger partial charge >= 0.3 is 8.60 Å². The van der Waals surface area contributed by atoms with Gasteiger partial charge in [0.25, 0.3) is 0 Å². The summed E-state index contributed by atoms with van der Waals surface area (Å²) in [5.41, 5.74) is 0. The molecule has 0 aromatic heterocycles. The minimum absolute atomic E-state index is 1.74. The fourth-order valence-electron chi connectivity index (χ4n) is 0.0106. The Labute approximate surface area is 53.5 Å². The predicted octanol–water partition coefficient (Wildman–Crippen LogP) is 1.86. The van der Waals surface area contributed by atoms with Crippen molar-refractivity contribution in [3.8, 4) is 0 Å². The van der Waals surface area contributed by atoms with Crippen LogP contribution in [0.25, 0.3) is 0 Å². The van der Waals surface area contributed by atoms with Crippen molar-refractivity contribution < 1.29 is 12.1 Å². The van der Waals surface area contributed by atoms with Gasteiger partial charge in [-0.3, -0.25) is 0 Å². The van der Waals surface area contributed by atoms with Crippen molar-refractivity contribution >= 4 is 41.1 Å². The van der Waals surface area contributed by atoms with Crippen molar-refractivity contribution in [2.75, 3.05) is 0 Å². The van der Waals surface area contributed by atoms with Gasteiger partial charge in [-0.05, 0) is 0 Å². The van der Waals surface area contributed by atoms with Crippen LogP contribution in [0.15, 0.2) is 0 Å². The second-order valence-corrected chi connectivity index (χ2v) is 2.86. The Hall–Kier alpha value is 1.27. The van der Waals surface area contributed by atoms with Crippen LogP contribution in [0.5, 0.6) is 0 Å². The van der Waals surface area contributed by atoms with Gasteiger partial charge in [0, 0.05) is 0 Å². The SMILES string of the molecule is OP(OBr)OBr. The first-order chi connectivity index (χ1) is 2.81. The smallest absolute Gasteiger partial charge is 0.327 e. The van der Waals surface area contributed by atoms with Crippen LogP contribution in [0.3, 0.4) is 0 Å². The highest BCUT2D eigenvalue weighted by Gasteiger charge is 1.98. The summed E-state index contributed by atoms with van der Waals surface area (Å²) in [5, 5.41) is 0. The first-order valence-corrected chi connectivity index (χ1v) is 3.30. The summed E-state index contributed by atoms with van der Waals surface area (Å²) in [6.45, 7) is 0.